The van der Waals surface area contributed by atoms with Crippen LogP contribution in [-0.2, 0) is 9.53 Å². The number of halogens is 2. The van der Waals surface area contributed by atoms with E-state index in [0.717, 1.165) is 11.3 Å². The van der Waals surface area contributed by atoms with E-state index in [9.17, 15) is 13.6 Å². The molecule has 0 radical (unpaired) electrons. The van der Waals surface area contributed by atoms with Gasteiger partial charge in [-0.15, -0.1) is 0 Å². The molecule has 1 heterocycles. The number of alkyl halides is 2. The zero-order chi connectivity index (χ0) is 14.8. The molecule has 0 amide bonds. The lowest BCUT2D eigenvalue weighted by Crippen LogP contribution is -2.29. The molecule has 0 bridgehead atoms. The Morgan fingerprint density at radius 3 is 2.60 bits per heavy atom. The fourth-order valence-electron chi connectivity index (χ4n) is 2.08. The topological polar surface area (TPSA) is 47.6 Å². The van der Waals surface area contributed by atoms with Crippen molar-refractivity contribution in [1.29, 1.82) is 0 Å². The molecular formula is C14H17F2NO3. The van der Waals surface area contributed by atoms with Crippen LogP contribution in [0.2, 0.25) is 0 Å². The first-order valence-electron chi connectivity index (χ1n) is 6.38. The molecule has 20 heavy (non-hydrogen) atoms. The Hall–Kier alpha value is -1.69. The predicted octanol–water partition coefficient (Wildman–Crippen LogP) is 2.30. The number of carbonyl (C=O) groups excluding carboxylic acids is 1. The molecule has 1 saturated heterocycles. The zero-order valence-corrected chi connectivity index (χ0v) is 11.4. The van der Waals surface area contributed by atoms with Gasteiger partial charge in [-0.25, -0.2) is 4.79 Å². The number of ether oxygens (including phenoxy) is 2. The van der Waals surface area contributed by atoms with E-state index in [1.54, 1.807) is 7.11 Å². The van der Waals surface area contributed by atoms with Crippen LogP contribution in [-0.4, -0.2) is 31.7 Å². The average Bonchev–Trinajstić information content (AvgIpc) is 2.69. The summed E-state index contributed by atoms with van der Waals surface area (Å²) >= 11 is 0. The first-order chi connectivity index (χ1) is 9.42. The third kappa shape index (κ3) is 3.25. The Bertz CT molecular complexity index is 476. The Morgan fingerprint density at radius 1 is 1.45 bits per heavy atom. The maximum Gasteiger partial charge on any atom is 0.377 e. The SMILES string of the molecule is COc1ccc([C@H](C)NCC2CC(F)(F)C(=O)O2)cc1. The Morgan fingerprint density at radius 2 is 2.10 bits per heavy atom. The number of benzene rings is 1. The van der Waals surface area contributed by atoms with Gasteiger partial charge in [0.25, 0.3) is 0 Å². The van der Waals surface area contributed by atoms with Gasteiger partial charge in [-0.1, -0.05) is 12.1 Å². The lowest BCUT2D eigenvalue weighted by molar-refractivity contribution is -0.159. The Kier molecular flexibility index (Phi) is 4.23. The molecular weight excluding hydrogens is 268 g/mol. The third-order valence-electron chi connectivity index (χ3n) is 3.32. The summed E-state index contributed by atoms with van der Waals surface area (Å²) < 4.78 is 35.7. The number of hydrogen-bond donors (Lipinski definition) is 1. The van der Waals surface area contributed by atoms with Gasteiger partial charge in [-0.2, -0.15) is 8.78 Å². The molecule has 1 N–H and O–H groups in total. The average molecular weight is 285 g/mol. The second kappa shape index (κ2) is 5.75. The Labute approximate surface area is 116 Å². The molecule has 1 aliphatic heterocycles. The molecule has 0 aliphatic carbocycles. The fraction of sp³-hybridized carbons (Fsp3) is 0.500. The first kappa shape index (κ1) is 14.7. The summed E-state index contributed by atoms with van der Waals surface area (Å²) in [5.41, 5.74) is 1.00. The van der Waals surface area contributed by atoms with Crippen molar-refractivity contribution in [1.82, 2.24) is 5.32 Å². The van der Waals surface area contributed by atoms with E-state index >= 15 is 0 Å². The number of methoxy groups -OCH3 is 1. The van der Waals surface area contributed by atoms with Gasteiger partial charge < -0.3 is 14.8 Å². The lowest BCUT2D eigenvalue weighted by Gasteiger charge is -2.17. The highest BCUT2D eigenvalue weighted by molar-refractivity contribution is 5.79. The lowest BCUT2D eigenvalue weighted by atomic mass is 10.1. The zero-order valence-electron chi connectivity index (χ0n) is 11.4. The van der Waals surface area contributed by atoms with Gasteiger partial charge in [-0.3, -0.25) is 0 Å². The summed E-state index contributed by atoms with van der Waals surface area (Å²) in [6, 6.07) is 7.42. The second-order valence-corrected chi connectivity index (χ2v) is 4.84. The largest absolute Gasteiger partial charge is 0.497 e. The van der Waals surface area contributed by atoms with Crippen LogP contribution in [0.15, 0.2) is 24.3 Å². The van der Waals surface area contributed by atoms with Crippen LogP contribution in [0.1, 0.15) is 24.9 Å². The van der Waals surface area contributed by atoms with Gasteiger partial charge in [0.15, 0.2) is 0 Å². The van der Waals surface area contributed by atoms with Crippen LogP contribution in [0.4, 0.5) is 8.78 Å². The van der Waals surface area contributed by atoms with E-state index in [4.69, 9.17) is 4.74 Å². The van der Waals surface area contributed by atoms with Crippen LogP contribution in [0.25, 0.3) is 0 Å². The molecule has 2 atom stereocenters. The monoisotopic (exact) mass is 285 g/mol. The highest BCUT2D eigenvalue weighted by Crippen LogP contribution is 2.30. The highest BCUT2D eigenvalue weighted by atomic mass is 19.3. The molecule has 6 heteroatoms. The smallest absolute Gasteiger partial charge is 0.377 e. The summed E-state index contributed by atoms with van der Waals surface area (Å²) in [4.78, 5) is 10.9. The molecule has 0 spiro atoms. The van der Waals surface area contributed by atoms with E-state index in [1.165, 1.54) is 0 Å². The number of esters is 1. The quantitative estimate of drug-likeness (QED) is 0.843. The number of cyclic esters (lactones) is 1. The van der Waals surface area contributed by atoms with Gasteiger partial charge >= 0.3 is 11.9 Å². The molecule has 0 aromatic heterocycles. The van der Waals surface area contributed by atoms with Crippen molar-refractivity contribution < 1.29 is 23.0 Å². The van der Waals surface area contributed by atoms with Crippen LogP contribution < -0.4 is 10.1 Å². The molecule has 1 aromatic rings. The molecule has 4 nitrogen and oxygen atoms in total. The highest BCUT2D eigenvalue weighted by Gasteiger charge is 2.50. The van der Waals surface area contributed by atoms with Crippen molar-refractivity contribution in [3.8, 4) is 5.75 Å². The molecule has 1 unspecified atom stereocenters. The van der Waals surface area contributed by atoms with Gasteiger partial charge in [-0.05, 0) is 24.6 Å². The Balaban J connectivity index is 1.86. The summed E-state index contributed by atoms with van der Waals surface area (Å²) in [6.07, 6.45) is -1.34. The predicted molar refractivity (Wildman–Crippen MR) is 68.9 cm³/mol. The van der Waals surface area contributed by atoms with Crippen LogP contribution in [0.3, 0.4) is 0 Å². The van der Waals surface area contributed by atoms with Crippen LogP contribution >= 0.6 is 0 Å². The minimum atomic E-state index is -3.35. The molecule has 110 valence electrons. The van der Waals surface area contributed by atoms with E-state index in [1.807, 2.05) is 31.2 Å². The van der Waals surface area contributed by atoms with Crippen molar-refractivity contribution in [2.24, 2.45) is 0 Å². The second-order valence-electron chi connectivity index (χ2n) is 4.84. The fourth-order valence-corrected chi connectivity index (χ4v) is 2.08. The summed E-state index contributed by atoms with van der Waals surface area (Å²) in [7, 11) is 1.59. The molecule has 2 rings (SSSR count). The van der Waals surface area contributed by atoms with E-state index in [2.05, 4.69) is 10.1 Å². The first-order valence-corrected chi connectivity index (χ1v) is 6.38. The van der Waals surface area contributed by atoms with Gasteiger partial charge in [0.1, 0.15) is 11.9 Å². The minimum Gasteiger partial charge on any atom is -0.497 e. The number of nitrogens with one attached hydrogen (secondary N) is 1. The van der Waals surface area contributed by atoms with Gasteiger partial charge in [0.05, 0.1) is 13.5 Å². The third-order valence-corrected chi connectivity index (χ3v) is 3.32. The van der Waals surface area contributed by atoms with Gasteiger partial charge in [0.2, 0.25) is 0 Å². The minimum absolute atomic E-state index is 0.0335. The van der Waals surface area contributed by atoms with E-state index in [0.29, 0.717) is 0 Å². The summed E-state index contributed by atoms with van der Waals surface area (Å²) in [5.74, 6) is -4.03. The molecule has 1 aromatic carbocycles. The van der Waals surface area contributed by atoms with Crippen molar-refractivity contribution in [3.63, 3.8) is 0 Å². The standard InChI is InChI=1S/C14H17F2NO3/c1-9(10-3-5-11(19-2)6-4-10)17-8-12-7-14(15,16)13(18)20-12/h3-6,9,12,17H,7-8H2,1-2H3/t9-,12?/m0/s1. The maximum atomic E-state index is 13.0. The van der Waals surface area contributed by atoms with Crippen LogP contribution in [0, 0.1) is 0 Å². The molecule has 1 aliphatic rings. The summed E-state index contributed by atoms with van der Waals surface area (Å²) in [5, 5.41) is 3.09. The number of hydrogen-bond acceptors (Lipinski definition) is 4. The maximum absolute atomic E-state index is 13.0. The molecule has 1 fully saturated rings. The normalized spacial score (nSPS) is 22.4. The van der Waals surface area contributed by atoms with Crippen molar-refractivity contribution in [3.05, 3.63) is 29.8 Å². The van der Waals surface area contributed by atoms with Gasteiger partial charge in [0, 0.05) is 12.6 Å². The molecule has 0 saturated carbocycles. The number of carbonyl (C=O) groups is 1. The van der Waals surface area contributed by atoms with Crippen molar-refractivity contribution in [2.45, 2.75) is 31.4 Å². The summed E-state index contributed by atoms with van der Waals surface area (Å²) in [6.45, 7) is 2.12. The van der Waals surface area contributed by atoms with Crippen molar-refractivity contribution >= 4 is 5.97 Å². The number of rotatable bonds is 5. The van der Waals surface area contributed by atoms with E-state index in [-0.39, 0.29) is 12.6 Å². The van der Waals surface area contributed by atoms with E-state index < -0.39 is 24.4 Å². The van der Waals surface area contributed by atoms with Crippen molar-refractivity contribution in [2.75, 3.05) is 13.7 Å². The van der Waals surface area contributed by atoms with Crippen LogP contribution in [0.5, 0.6) is 5.75 Å².